The number of para-hydroxylation sites is 1. The Morgan fingerprint density at radius 2 is 2.33 bits per heavy atom. The molecule has 0 spiro atoms. The lowest BCUT2D eigenvalue weighted by atomic mass is 10.3. The largest absolute Gasteiger partial charge is 0.494 e. The van der Waals surface area contributed by atoms with Gasteiger partial charge in [0.05, 0.1) is 12.6 Å². The molecule has 0 aliphatic heterocycles. The quantitative estimate of drug-likeness (QED) is 0.667. The van der Waals surface area contributed by atoms with E-state index in [1.54, 1.807) is 19.2 Å². The molecule has 2 rings (SSSR count). The number of imidazole rings is 1. The Bertz CT molecular complexity index is 408. The highest BCUT2D eigenvalue weighted by molar-refractivity contribution is 5.82. The molecule has 0 unspecified atom stereocenters. The second-order valence-corrected chi connectivity index (χ2v) is 2.41. The molecule has 2 aromatic rings. The van der Waals surface area contributed by atoms with Crippen molar-refractivity contribution in [2.75, 3.05) is 7.11 Å². The van der Waals surface area contributed by atoms with Gasteiger partial charge in [-0.05, 0) is 12.1 Å². The van der Waals surface area contributed by atoms with E-state index in [-0.39, 0.29) is 6.01 Å². The summed E-state index contributed by atoms with van der Waals surface area (Å²) < 4.78 is 5.06. The molecule has 0 saturated heterocycles. The Balaban J connectivity index is 2.78. The highest BCUT2D eigenvalue weighted by atomic mass is 16.5. The van der Waals surface area contributed by atoms with Gasteiger partial charge in [-0.1, -0.05) is 6.07 Å². The van der Waals surface area contributed by atoms with Crippen LogP contribution in [0.5, 0.6) is 11.8 Å². The SMILES string of the molecule is COc1cccc2nc(O)[nH]c12. The lowest BCUT2D eigenvalue weighted by molar-refractivity contribution is 0.417. The molecule has 12 heavy (non-hydrogen) atoms. The molecule has 0 saturated carbocycles. The number of aromatic nitrogens is 2. The number of hydrogen-bond acceptors (Lipinski definition) is 3. The number of methoxy groups -OCH3 is 1. The smallest absolute Gasteiger partial charge is 0.292 e. The third kappa shape index (κ3) is 0.887. The van der Waals surface area contributed by atoms with Crippen molar-refractivity contribution in [2.24, 2.45) is 0 Å². The van der Waals surface area contributed by atoms with Crippen molar-refractivity contribution in [3.8, 4) is 11.8 Å². The number of benzene rings is 1. The lowest BCUT2D eigenvalue weighted by Gasteiger charge is -1.98. The number of nitrogens with zero attached hydrogens (tertiary/aromatic N) is 1. The van der Waals surface area contributed by atoms with Gasteiger partial charge in [-0.15, -0.1) is 0 Å². The Morgan fingerprint density at radius 1 is 1.50 bits per heavy atom. The van der Waals surface area contributed by atoms with Crippen LogP contribution in [-0.2, 0) is 0 Å². The molecule has 0 radical (unpaired) electrons. The Labute approximate surface area is 68.8 Å². The van der Waals surface area contributed by atoms with Gasteiger partial charge in [-0.2, -0.15) is 4.98 Å². The van der Waals surface area contributed by atoms with E-state index in [1.807, 2.05) is 6.07 Å². The van der Waals surface area contributed by atoms with E-state index >= 15 is 0 Å². The van der Waals surface area contributed by atoms with Gasteiger partial charge < -0.3 is 14.8 Å². The molecule has 0 fully saturated rings. The fraction of sp³-hybridized carbons (Fsp3) is 0.125. The highest BCUT2D eigenvalue weighted by Crippen LogP contribution is 2.24. The van der Waals surface area contributed by atoms with Gasteiger partial charge in [0.2, 0.25) is 0 Å². The molecular weight excluding hydrogens is 156 g/mol. The summed E-state index contributed by atoms with van der Waals surface area (Å²) in [5.41, 5.74) is 1.42. The van der Waals surface area contributed by atoms with Crippen LogP contribution >= 0.6 is 0 Å². The van der Waals surface area contributed by atoms with Crippen molar-refractivity contribution < 1.29 is 9.84 Å². The van der Waals surface area contributed by atoms with Crippen LogP contribution in [0.1, 0.15) is 0 Å². The summed E-state index contributed by atoms with van der Waals surface area (Å²) in [6.07, 6.45) is 0. The summed E-state index contributed by atoms with van der Waals surface area (Å²) in [7, 11) is 1.58. The molecule has 4 heteroatoms. The summed E-state index contributed by atoms with van der Waals surface area (Å²) in [6, 6.07) is 5.34. The first-order chi connectivity index (χ1) is 5.81. The van der Waals surface area contributed by atoms with Crippen LogP contribution in [-0.4, -0.2) is 22.2 Å². The number of ether oxygens (including phenoxy) is 1. The van der Waals surface area contributed by atoms with Crippen LogP contribution in [0.25, 0.3) is 11.0 Å². The Kier molecular flexibility index (Phi) is 1.40. The summed E-state index contributed by atoms with van der Waals surface area (Å²) in [5, 5.41) is 9.05. The number of H-pyrrole nitrogens is 1. The maximum atomic E-state index is 9.05. The Hall–Kier alpha value is -1.71. The van der Waals surface area contributed by atoms with Crippen molar-refractivity contribution >= 4 is 11.0 Å². The highest BCUT2D eigenvalue weighted by Gasteiger charge is 2.04. The standard InChI is InChI=1S/C8H8N2O2/c1-12-6-4-2-3-5-7(6)10-8(11)9-5/h2-4H,1H3,(H2,9,10,11). The van der Waals surface area contributed by atoms with Crippen molar-refractivity contribution in [1.82, 2.24) is 9.97 Å². The average molecular weight is 164 g/mol. The van der Waals surface area contributed by atoms with Crippen LogP contribution in [0.15, 0.2) is 18.2 Å². The lowest BCUT2D eigenvalue weighted by Crippen LogP contribution is -1.82. The van der Waals surface area contributed by atoms with Crippen LogP contribution in [0.3, 0.4) is 0 Å². The summed E-state index contributed by atoms with van der Waals surface area (Å²) in [5.74, 6) is 0.681. The van der Waals surface area contributed by atoms with Crippen LogP contribution < -0.4 is 4.74 Å². The number of rotatable bonds is 1. The molecule has 2 N–H and O–H groups in total. The van der Waals surface area contributed by atoms with Crippen molar-refractivity contribution in [2.45, 2.75) is 0 Å². The van der Waals surface area contributed by atoms with Crippen molar-refractivity contribution in [3.63, 3.8) is 0 Å². The minimum absolute atomic E-state index is 0.0884. The van der Waals surface area contributed by atoms with Crippen LogP contribution in [0.4, 0.5) is 0 Å². The van der Waals surface area contributed by atoms with E-state index in [1.165, 1.54) is 0 Å². The normalized spacial score (nSPS) is 10.4. The molecule has 62 valence electrons. The molecule has 0 aliphatic rings. The summed E-state index contributed by atoms with van der Waals surface area (Å²) in [4.78, 5) is 6.54. The molecular formula is C8H8N2O2. The predicted octanol–water partition coefficient (Wildman–Crippen LogP) is 1.28. The molecule has 0 atom stereocenters. The predicted molar refractivity (Wildman–Crippen MR) is 44.3 cm³/mol. The van der Waals surface area contributed by atoms with E-state index in [4.69, 9.17) is 9.84 Å². The zero-order valence-electron chi connectivity index (χ0n) is 6.53. The zero-order chi connectivity index (χ0) is 8.55. The van der Waals surface area contributed by atoms with Gasteiger partial charge >= 0.3 is 0 Å². The first-order valence-electron chi connectivity index (χ1n) is 3.53. The minimum Gasteiger partial charge on any atom is -0.494 e. The molecule has 0 bridgehead atoms. The van der Waals surface area contributed by atoms with E-state index in [2.05, 4.69) is 9.97 Å². The van der Waals surface area contributed by atoms with E-state index in [0.717, 1.165) is 5.52 Å². The molecule has 1 aromatic heterocycles. The second kappa shape index (κ2) is 2.41. The van der Waals surface area contributed by atoms with Gasteiger partial charge in [0, 0.05) is 0 Å². The summed E-state index contributed by atoms with van der Waals surface area (Å²) in [6.45, 7) is 0. The van der Waals surface area contributed by atoms with E-state index in [9.17, 15) is 0 Å². The van der Waals surface area contributed by atoms with Crippen molar-refractivity contribution in [3.05, 3.63) is 18.2 Å². The molecule has 4 nitrogen and oxygen atoms in total. The first-order valence-corrected chi connectivity index (χ1v) is 3.53. The van der Waals surface area contributed by atoms with E-state index in [0.29, 0.717) is 11.3 Å². The van der Waals surface area contributed by atoms with Crippen LogP contribution in [0.2, 0.25) is 0 Å². The van der Waals surface area contributed by atoms with Gasteiger partial charge in [0.1, 0.15) is 11.3 Å². The van der Waals surface area contributed by atoms with E-state index < -0.39 is 0 Å². The molecule has 1 aromatic carbocycles. The molecule has 1 heterocycles. The third-order valence-electron chi connectivity index (χ3n) is 1.69. The maximum absolute atomic E-state index is 9.05. The summed E-state index contributed by atoms with van der Waals surface area (Å²) >= 11 is 0. The topological polar surface area (TPSA) is 58.1 Å². The number of hydrogen-bond donors (Lipinski definition) is 2. The monoisotopic (exact) mass is 164 g/mol. The minimum atomic E-state index is -0.0884. The van der Waals surface area contributed by atoms with Gasteiger partial charge in [0.15, 0.2) is 0 Å². The first kappa shape index (κ1) is 6.97. The van der Waals surface area contributed by atoms with Gasteiger partial charge in [-0.3, -0.25) is 0 Å². The number of aromatic hydroxyl groups is 1. The number of aromatic amines is 1. The zero-order valence-corrected chi connectivity index (χ0v) is 6.53. The Morgan fingerprint density at radius 3 is 3.08 bits per heavy atom. The number of fused-ring (bicyclic) bond motifs is 1. The molecule has 0 amide bonds. The van der Waals surface area contributed by atoms with Gasteiger partial charge in [0.25, 0.3) is 6.01 Å². The maximum Gasteiger partial charge on any atom is 0.292 e. The van der Waals surface area contributed by atoms with Gasteiger partial charge in [-0.25, -0.2) is 0 Å². The van der Waals surface area contributed by atoms with Crippen molar-refractivity contribution in [1.29, 1.82) is 0 Å². The third-order valence-corrected chi connectivity index (χ3v) is 1.69. The average Bonchev–Trinajstić information content (AvgIpc) is 2.44. The fourth-order valence-corrected chi connectivity index (χ4v) is 1.16. The fourth-order valence-electron chi connectivity index (χ4n) is 1.16. The second-order valence-electron chi connectivity index (χ2n) is 2.41. The van der Waals surface area contributed by atoms with Crippen LogP contribution in [0, 0.1) is 0 Å². The number of nitrogens with one attached hydrogen (secondary N) is 1. The molecule has 0 aliphatic carbocycles.